The number of nitro groups is 1. The van der Waals surface area contributed by atoms with Crippen LogP contribution in [-0.4, -0.2) is 41.0 Å². The van der Waals surface area contributed by atoms with E-state index in [1.54, 1.807) is 12.1 Å². The highest BCUT2D eigenvalue weighted by Gasteiger charge is 2.34. The Balaban J connectivity index is 1.78. The number of aliphatic carboxylic acids is 1. The van der Waals surface area contributed by atoms with E-state index in [0.717, 1.165) is 32.4 Å². The third-order valence-electron chi connectivity index (χ3n) is 5.71. The van der Waals surface area contributed by atoms with Crippen LogP contribution >= 0.6 is 0 Å². The molecule has 1 saturated heterocycles. The molecule has 1 aliphatic heterocycles. The van der Waals surface area contributed by atoms with Gasteiger partial charge in [0.05, 0.1) is 10.8 Å². The molecule has 2 aliphatic rings. The van der Waals surface area contributed by atoms with E-state index < -0.39 is 28.8 Å². The predicted molar refractivity (Wildman–Crippen MR) is 99.9 cm³/mol. The summed E-state index contributed by atoms with van der Waals surface area (Å²) in [5.41, 5.74) is 0.637. The number of carbonyl (C=O) groups is 2. The first kappa shape index (κ1) is 19.1. The average Bonchev–Trinajstić information content (AvgIpc) is 3.10. The van der Waals surface area contributed by atoms with E-state index in [1.807, 2.05) is 4.90 Å². The van der Waals surface area contributed by atoms with Gasteiger partial charge in [-0.2, -0.15) is 0 Å². The Hall–Kier alpha value is -2.64. The van der Waals surface area contributed by atoms with Gasteiger partial charge in [-0.05, 0) is 43.7 Å². The molecule has 27 heavy (non-hydrogen) atoms. The number of nitrogens with one attached hydrogen (secondary N) is 1. The monoisotopic (exact) mass is 375 g/mol. The normalized spacial score (nSPS) is 23.2. The lowest BCUT2D eigenvalue weighted by molar-refractivity contribution is -0.384. The quantitative estimate of drug-likeness (QED) is 0.604. The summed E-state index contributed by atoms with van der Waals surface area (Å²) in [6, 6.07) is 4.08. The molecule has 0 spiro atoms. The number of carbonyl (C=O) groups excluding carboxylic acids is 1. The van der Waals surface area contributed by atoms with Crippen molar-refractivity contribution in [2.24, 2.45) is 11.8 Å². The van der Waals surface area contributed by atoms with Gasteiger partial charge in [0.15, 0.2) is 0 Å². The zero-order valence-corrected chi connectivity index (χ0v) is 15.4. The van der Waals surface area contributed by atoms with Gasteiger partial charge in [-0.3, -0.25) is 19.7 Å². The Bertz CT molecular complexity index is 743. The minimum Gasteiger partial charge on any atom is -0.481 e. The lowest BCUT2D eigenvalue weighted by Crippen LogP contribution is -2.40. The first-order chi connectivity index (χ1) is 12.9. The maximum absolute atomic E-state index is 12.5. The van der Waals surface area contributed by atoms with Crippen molar-refractivity contribution >= 4 is 23.3 Å². The molecule has 146 valence electrons. The van der Waals surface area contributed by atoms with E-state index >= 15 is 0 Å². The van der Waals surface area contributed by atoms with Crippen molar-refractivity contribution in [3.05, 3.63) is 33.9 Å². The number of rotatable bonds is 5. The smallest absolute Gasteiger partial charge is 0.308 e. The Morgan fingerprint density at radius 3 is 2.56 bits per heavy atom. The van der Waals surface area contributed by atoms with Crippen molar-refractivity contribution in [1.82, 2.24) is 5.32 Å². The summed E-state index contributed by atoms with van der Waals surface area (Å²) in [5, 5.41) is 23.5. The lowest BCUT2D eigenvalue weighted by Gasteiger charge is -2.31. The van der Waals surface area contributed by atoms with Gasteiger partial charge in [0.2, 0.25) is 0 Å². The molecule has 2 fully saturated rings. The van der Waals surface area contributed by atoms with E-state index in [2.05, 4.69) is 12.2 Å². The van der Waals surface area contributed by atoms with Crippen molar-refractivity contribution in [3.8, 4) is 0 Å². The Kier molecular flexibility index (Phi) is 5.62. The molecule has 0 unspecified atom stereocenters. The first-order valence-electron chi connectivity index (χ1n) is 9.44. The van der Waals surface area contributed by atoms with Gasteiger partial charge in [-0.15, -0.1) is 0 Å². The largest absolute Gasteiger partial charge is 0.481 e. The van der Waals surface area contributed by atoms with Crippen LogP contribution in [0, 0.1) is 22.0 Å². The van der Waals surface area contributed by atoms with Crippen LogP contribution in [0.25, 0.3) is 0 Å². The molecule has 8 heteroatoms. The molecule has 8 nitrogen and oxygen atoms in total. The highest BCUT2D eigenvalue weighted by molar-refractivity contribution is 5.96. The second-order valence-corrected chi connectivity index (χ2v) is 7.59. The number of carboxylic acids is 1. The molecule has 1 aromatic rings. The van der Waals surface area contributed by atoms with Crippen molar-refractivity contribution in [2.75, 3.05) is 18.0 Å². The van der Waals surface area contributed by atoms with Crippen LogP contribution in [0.5, 0.6) is 0 Å². The zero-order chi connectivity index (χ0) is 19.6. The summed E-state index contributed by atoms with van der Waals surface area (Å²) in [6.45, 7) is 3.69. The lowest BCUT2D eigenvalue weighted by atomic mass is 9.98. The number of hydrogen-bond donors (Lipinski definition) is 2. The third kappa shape index (κ3) is 4.20. The topological polar surface area (TPSA) is 113 Å². The number of piperidine rings is 1. The summed E-state index contributed by atoms with van der Waals surface area (Å²) < 4.78 is 0. The van der Waals surface area contributed by atoms with Gasteiger partial charge in [-0.25, -0.2) is 0 Å². The summed E-state index contributed by atoms with van der Waals surface area (Å²) >= 11 is 0. The predicted octanol–water partition coefficient (Wildman–Crippen LogP) is 2.81. The van der Waals surface area contributed by atoms with E-state index in [9.17, 15) is 24.8 Å². The molecule has 3 rings (SSSR count). The van der Waals surface area contributed by atoms with Gasteiger partial charge >= 0.3 is 5.97 Å². The summed E-state index contributed by atoms with van der Waals surface area (Å²) in [6.07, 6.45) is 3.85. The molecule has 0 radical (unpaired) electrons. The molecule has 2 atom stereocenters. The van der Waals surface area contributed by atoms with Crippen molar-refractivity contribution in [2.45, 2.75) is 45.1 Å². The molecular formula is C19H25N3O5. The molecule has 1 saturated carbocycles. The highest BCUT2D eigenvalue weighted by atomic mass is 16.6. The highest BCUT2D eigenvalue weighted by Crippen LogP contribution is 2.33. The molecule has 0 bridgehead atoms. The minimum atomic E-state index is -0.918. The molecule has 2 N–H and O–H groups in total. The second-order valence-electron chi connectivity index (χ2n) is 7.59. The van der Waals surface area contributed by atoms with Gasteiger partial charge in [0.1, 0.15) is 5.69 Å². The van der Waals surface area contributed by atoms with Gasteiger partial charge < -0.3 is 15.3 Å². The Labute approximate surface area is 157 Å². The fraction of sp³-hybridized carbons (Fsp3) is 0.579. The van der Waals surface area contributed by atoms with E-state index in [4.69, 9.17) is 0 Å². The molecule has 1 aromatic carbocycles. The maximum Gasteiger partial charge on any atom is 0.308 e. The average molecular weight is 375 g/mol. The summed E-state index contributed by atoms with van der Waals surface area (Å²) in [7, 11) is 0. The van der Waals surface area contributed by atoms with Gasteiger partial charge in [-0.1, -0.05) is 13.3 Å². The molecular weight excluding hydrogens is 350 g/mol. The Morgan fingerprint density at radius 2 is 1.93 bits per heavy atom. The van der Waals surface area contributed by atoms with E-state index in [1.165, 1.54) is 6.07 Å². The van der Waals surface area contributed by atoms with Crippen LogP contribution in [-0.2, 0) is 4.79 Å². The van der Waals surface area contributed by atoms with Crippen LogP contribution in [0.15, 0.2) is 18.2 Å². The van der Waals surface area contributed by atoms with Crippen LogP contribution in [0.3, 0.4) is 0 Å². The molecule has 1 aliphatic carbocycles. The molecule has 0 aromatic heterocycles. The number of nitro benzene ring substituents is 1. The fourth-order valence-electron chi connectivity index (χ4n) is 4.01. The first-order valence-corrected chi connectivity index (χ1v) is 9.44. The van der Waals surface area contributed by atoms with Gasteiger partial charge in [0.25, 0.3) is 11.6 Å². The zero-order valence-electron chi connectivity index (χ0n) is 15.4. The van der Waals surface area contributed by atoms with E-state index in [-0.39, 0.29) is 11.3 Å². The third-order valence-corrected chi connectivity index (χ3v) is 5.71. The van der Waals surface area contributed by atoms with Gasteiger partial charge in [0, 0.05) is 30.8 Å². The molecule has 1 amide bonds. The summed E-state index contributed by atoms with van der Waals surface area (Å²) in [4.78, 5) is 36.9. The SMILES string of the molecule is CC1CCN(c2ccc(C(=O)N[C@@H]3CCC[C@@H]3C(=O)O)cc2[N+](=O)[O-])CC1. The van der Waals surface area contributed by atoms with Crippen molar-refractivity contribution in [1.29, 1.82) is 0 Å². The van der Waals surface area contributed by atoms with Crippen molar-refractivity contribution < 1.29 is 19.6 Å². The number of anilines is 1. The van der Waals surface area contributed by atoms with Crippen LogP contribution < -0.4 is 10.2 Å². The van der Waals surface area contributed by atoms with E-state index in [0.29, 0.717) is 24.4 Å². The number of benzene rings is 1. The molecule has 1 heterocycles. The standard InChI is InChI=1S/C19H25N3O5/c1-12-7-9-21(10-8-12)16-6-5-13(11-17(16)22(26)27)18(23)20-15-4-2-3-14(15)19(24)25/h5-6,11-12,14-15H,2-4,7-10H2,1H3,(H,20,23)(H,24,25)/t14-,15+/m0/s1. The van der Waals surface area contributed by atoms with Crippen molar-refractivity contribution in [3.63, 3.8) is 0 Å². The fourth-order valence-corrected chi connectivity index (χ4v) is 4.01. The number of amides is 1. The number of nitrogens with zero attached hydrogens (tertiary/aromatic N) is 2. The van der Waals surface area contributed by atoms with Crippen LogP contribution in [0.1, 0.15) is 49.4 Å². The number of hydrogen-bond acceptors (Lipinski definition) is 5. The minimum absolute atomic E-state index is 0.0848. The Morgan fingerprint density at radius 1 is 1.22 bits per heavy atom. The van der Waals surface area contributed by atoms with Crippen LogP contribution in [0.4, 0.5) is 11.4 Å². The maximum atomic E-state index is 12.5. The summed E-state index contributed by atoms with van der Waals surface area (Å²) in [5.74, 6) is -1.37. The number of carboxylic acid groups (broad SMARTS) is 1. The van der Waals surface area contributed by atoms with Crippen LogP contribution in [0.2, 0.25) is 0 Å². The second kappa shape index (κ2) is 7.94.